The largest absolute Gasteiger partial charge is 0.497 e. The number of nitrogens with one attached hydrogen (secondary N) is 1. The number of methoxy groups -OCH3 is 1. The van der Waals surface area contributed by atoms with Gasteiger partial charge in [-0.25, -0.2) is 0 Å². The molecule has 0 saturated heterocycles. The van der Waals surface area contributed by atoms with Crippen molar-refractivity contribution in [1.82, 2.24) is 5.32 Å². The van der Waals surface area contributed by atoms with Crippen LogP contribution in [-0.2, 0) is 10.5 Å². The number of amides is 1. The molecule has 1 N–H and O–H groups in total. The summed E-state index contributed by atoms with van der Waals surface area (Å²) in [5, 5.41) is 2.87. The number of carbonyl (C=O) groups excluding carboxylic acids is 1. The van der Waals surface area contributed by atoms with E-state index in [0.29, 0.717) is 12.3 Å². The highest BCUT2D eigenvalue weighted by Crippen LogP contribution is 2.18. The summed E-state index contributed by atoms with van der Waals surface area (Å²) < 4.78 is 15.9. The third-order valence-electron chi connectivity index (χ3n) is 3.11. The molecule has 1 atom stereocenters. The molecule has 0 radical (unpaired) electrons. The topological polar surface area (TPSA) is 60.7 Å². The molecule has 1 aromatic carbocycles. The van der Waals surface area contributed by atoms with Crippen molar-refractivity contribution >= 4 is 17.7 Å². The van der Waals surface area contributed by atoms with E-state index in [-0.39, 0.29) is 5.91 Å². The second kappa shape index (κ2) is 9.15. The van der Waals surface area contributed by atoms with Gasteiger partial charge in [0.25, 0.3) is 5.91 Å². The number of furan rings is 1. The van der Waals surface area contributed by atoms with Crippen LogP contribution in [0.1, 0.15) is 12.7 Å². The minimum absolute atomic E-state index is 0.126. The third kappa shape index (κ3) is 5.90. The van der Waals surface area contributed by atoms with E-state index in [1.807, 2.05) is 12.1 Å². The van der Waals surface area contributed by atoms with Crippen LogP contribution in [0.25, 0.3) is 0 Å². The predicted molar refractivity (Wildman–Crippen MR) is 91.0 cm³/mol. The van der Waals surface area contributed by atoms with Crippen molar-refractivity contribution in [2.75, 3.05) is 19.4 Å². The summed E-state index contributed by atoms with van der Waals surface area (Å²) in [7, 11) is 1.61. The van der Waals surface area contributed by atoms with Crippen LogP contribution >= 0.6 is 11.8 Å². The highest BCUT2D eigenvalue weighted by atomic mass is 32.2. The molecule has 124 valence electrons. The van der Waals surface area contributed by atoms with Gasteiger partial charge in [-0.05, 0) is 43.3 Å². The fraction of sp³-hybridized carbons (Fsp3) is 0.353. The first kappa shape index (κ1) is 17.3. The quantitative estimate of drug-likeness (QED) is 0.714. The maximum absolute atomic E-state index is 12.0. The van der Waals surface area contributed by atoms with Crippen LogP contribution in [0.15, 0.2) is 47.1 Å². The zero-order chi connectivity index (χ0) is 16.5. The molecule has 1 aromatic heterocycles. The number of ether oxygens (including phenoxy) is 2. The van der Waals surface area contributed by atoms with Crippen LogP contribution in [0.5, 0.6) is 11.5 Å². The molecule has 0 spiro atoms. The fourth-order valence-corrected chi connectivity index (χ4v) is 2.63. The number of thioether (sulfide) groups is 1. The molecule has 0 aliphatic carbocycles. The van der Waals surface area contributed by atoms with Crippen LogP contribution < -0.4 is 14.8 Å². The average Bonchev–Trinajstić information content (AvgIpc) is 3.08. The van der Waals surface area contributed by atoms with Crippen molar-refractivity contribution in [1.29, 1.82) is 0 Å². The Kier molecular flexibility index (Phi) is 6.87. The number of hydrogen-bond acceptors (Lipinski definition) is 5. The molecule has 0 aliphatic heterocycles. The molecular weight excluding hydrogens is 314 g/mol. The van der Waals surface area contributed by atoms with Crippen molar-refractivity contribution in [3.8, 4) is 11.5 Å². The first-order chi connectivity index (χ1) is 11.2. The Balaban J connectivity index is 1.63. The van der Waals surface area contributed by atoms with E-state index in [2.05, 4.69) is 5.32 Å². The Hall–Kier alpha value is -2.08. The zero-order valence-electron chi connectivity index (χ0n) is 13.3. The van der Waals surface area contributed by atoms with Gasteiger partial charge in [0.05, 0.1) is 19.1 Å². The van der Waals surface area contributed by atoms with E-state index in [4.69, 9.17) is 13.9 Å². The monoisotopic (exact) mass is 335 g/mol. The van der Waals surface area contributed by atoms with Crippen molar-refractivity contribution in [2.24, 2.45) is 0 Å². The molecule has 0 saturated carbocycles. The normalized spacial score (nSPS) is 11.7. The lowest BCUT2D eigenvalue weighted by atomic mass is 10.3. The van der Waals surface area contributed by atoms with Crippen LogP contribution in [0.4, 0.5) is 0 Å². The number of benzene rings is 1. The van der Waals surface area contributed by atoms with Gasteiger partial charge >= 0.3 is 0 Å². The third-order valence-corrected chi connectivity index (χ3v) is 4.09. The lowest BCUT2D eigenvalue weighted by Crippen LogP contribution is -2.37. The summed E-state index contributed by atoms with van der Waals surface area (Å²) in [5.74, 6) is 3.84. The van der Waals surface area contributed by atoms with Gasteiger partial charge in [0.2, 0.25) is 0 Å². The van der Waals surface area contributed by atoms with Gasteiger partial charge in [0, 0.05) is 12.3 Å². The Morgan fingerprint density at radius 3 is 2.65 bits per heavy atom. The molecule has 0 fully saturated rings. The molecular formula is C17H21NO4S. The molecule has 0 bridgehead atoms. The lowest BCUT2D eigenvalue weighted by molar-refractivity contribution is -0.127. The maximum atomic E-state index is 12.0. The summed E-state index contributed by atoms with van der Waals surface area (Å²) in [6.07, 6.45) is 1.12. The van der Waals surface area contributed by atoms with Gasteiger partial charge in [-0.2, -0.15) is 11.8 Å². The van der Waals surface area contributed by atoms with Crippen LogP contribution in [0.2, 0.25) is 0 Å². The number of carbonyl (C=O) groups is 1. The first-order valence-electron chi connectivity index (χ1n) is 7.37. The molecule has 2 aromatic rings. The van der Waals surface area contributed by atoms with E-state index in [1.54, 1.807) is 56.3 Å². The van der Waals surface area contributed by atoms with Crippen molar-refractivity contribution in [2.45, 2.75) is 18.8 Å². The smallest absolute Gasteiger partial charge is 0.260 e. The van der Waals surface area contributed by atoms with Crippen molar-refractivity contribution in [3.63, 3.8) is 0 Å². The average molecular weight is 335 g/mol. The highest BCUT2D eigenvalue weighted by Gasteiger charge is 2.13. The van der Waals surface area contributed by atoms with Crippen LogP contribution in [0.3, 0.4) is 0 Å². The molecule has 1 heterocycles. The summed E-state index contributed by atoms with van der Waals surface area (Å²) >= 11 is 1.71. The van der Waals surface area contributed by atoms with E-state index < -0.39 is 6.10 Å². The highest BCUT2D eigenvalue weighted by molar-refractivity contribution is 7.98. The first-order valence-corrected chi connectivity index (χ1v) is 8.53. The molecule has 23 heavy (non-hydrogen) atoms. The molecule has 5 nitrogen and oxygen atoms in total. The molecule has 2 rings (SSSR count). The second-order valence-electron chi connectivity index (χ2n) is 4.86. The second-order valence-corrected chi connectivity index (χ2v) is 5.96. The van der Waals surface area contributed by atoms with E-state index >= 15 is 0 Å². The predicted octanol–water partition coefficient (Wildman–Crippen LogP) is 3.11. The SMILES string of the molecule is COc1ccc(O[C@@H](C)C(=O)NCCSCc2ccco2)cc1. The minimum atomic E-state index is -0.543. The Morgan fingerprint density at radius 1 is 1.26 bits per heavy atom. The summed E-state index contributed by atoms with van der Waals surface area (Å²) in [6, 6.07) is 11.0. The summed E-state index contributed by atoms with van der Waals surface area (Å²) in [6.45, 7) is 2.33. The van der Waals surface area contributed by atoms with Gasteiger partial charge in [-0.3, -0.25) is 4.79 Å². The van der Waals surface area contributed by atoms with Gasteiger partial charge in [0.1, 0.15) is 17.3 Å². The standard InChI is InChI=1S/C17H21NO4S/c1-13(22-15-7-5-14(20-2)6-8-15)17(19)18-9-11-23-12-16-4-3-10-21-16/h3-8,10,13H,9,11-12H2,1-2H3,(H,18,19)/t13-/m0/s1. The molecule has 0 unspecified atom stereocenters. The summed E-state index contributed by atoms with van der Waals surface area (Å²) in [4.78, 5) is 12.0. The van der Waals surface area contributed by atoms with Crippen LogP contribution in [0, 0.1) is 0 Å². The Bertz CT molecular complexity index is 583. The molecule has 6 heteroatoms. The Morgan fingerprint density at radius 2 is 2.00 bits per heavy atom. The van der Waals surface area contributed by atoms with Crippen molar-refractivity contribution < 1.29 is 18.7 Å². The number of rotatable bonds is 9. The van der Waals surface area contributed by atoms with E-state index in [1.165, 1.54) is 0 Å². The lowest BCUT2D eigenvalue weighted by Gasteiger charge is -2.14. The van der Waals surface area contributed by atoms with Gasteiger partial charge < -0.3 is 19.2 Å². The van der Waals surface area contributed by atoms with Gasteiger partial charge in [-0.15, -0.1) is 0 Å². The van der Waals surface area contributed by atoms with E-state index in [0.717, 1.165) is 23.0 Å². The van der Waals surface area contributed by atoms with E-state index in [9.17, 15) is 4.79 Å². The van der Waals surface area contributed by atoms with Gasteiger partial charge in [-0.1, -0.05) is 0 Å². The Labute approximate surface area is 140 Å². The minimum Gasteiger partial charge on any atom is -0.497 e. The zero-order valence-corrected chi connectivity index (χ0v) is 14.1. The fourth-order valence-electron chi connectivity index (χ4n) is 1.87. The number of hydrogen-bond donors (Lipinski definition) is 1. The summed E-state index contributed by atoms with van der Waals surface area (Å²) in [5.41, 5.74) is 0. The molecule has 1 amide bonds. The molecule has 0 aliphatic rings. The van der Waals surface area contributed by atoms with Crippen molar-refractivity contribution in [3.05, 3.63) is 48.4 Å². The van der Waals surface area contributed by atoms with Gasteiger partial charge in [0.15, 0.2) is 6.10 Å². The van der Waals surface area contributed by atoms with Crippen LogP contribution in [-0.4, -0.2) is 31.4 Å². The maximum Gasteiger partial charge on any atom is 0.260 e.